The standard InChI is InChI=1S/C22H28N2O4S/c1-5-27-21(26)17-18-15(11-12-24(17)13-14-9-7-6-8-10-14)16(19(23)29-18)20(25)28-22(2,3)4/h6-10,17H,5,11-13,23H2,1-4H3. The van der Waals surface area contributed by atoms with Gasteiger partial charge in [0.2, 0.25) is 0 Å². The Labute approximate surface area is 175 Å². The summed E-state index contributed by atoms with van der Waals surface area (Å²) < 4.78 is 10.9. The first kappa shape index (κ1) is 21.3. The monoisotopic (exact) mass is 416 g/mol. The van der Waals surface area contributed by atoms with Crippen LogP contribution < -0.4 is 5.73 Å². The molecular formula is C22H28N2O4S. The Kier molecular flexibility index (Phi) is 6.29. The quantitative estimate of drug-likeness (QED) is 0.744. The normalized spacial score (nSPS) is 16.9. The molecule has 2 heterocycles. The SMILES string of the molecule is CCOC(=O)C1c2sc(N)c(C(=O)OC(C)(C)C)c2CCN1Cc1ccccc1. The molecule has 2 N–H and O–H groups in total. The van der Waals surface area contributed by atoms with E-state index in [1.165, 1.54) is 11.3 Å². The third kappa shape index (κ3) is 4.79. The smallest absolute Gasteiger partial charge is 0.341 e. The molecule has 0 radical (unpaired) electrons. The van der Waals surface area contributed by atoms with Gasteiger partial charge in [-0.3, -0.25) is 4.90 Å². The van der Waals surface area contributed by atoms with E-state index in [9.17, 15) is 9.59 Å². The fraction of sp³-hybridized carbons (Fsp3) is 0.455. The van der Waals surface area contributed by atoms with Gasteiger partial charge in [-0.2, -0.15) is 0 Å². The highest BCUT2D eigenvalue weighted by Gasteiger charge is 2.39. The number of anilines is 1. The molecule has 2 aromatic rings. The van der Waals surface area contributed by atoms with Crippen molar-refractivity contribution < 1.29 is 19.1 Å². The van der Waals surface area contributed by atoms with Gasteiger partial charge in [-0.05, 0) is 45.2 Å². The van der Waals surface area contributed by atoms with Gasteiger partial charge in [0.15, 0.2) is 0 Å². The van der Waals surface area contributed by atoms with Gasteiger partial charge in [0, 0.05) is 18.0 Å². The number of esters is 2. The molecule has 29 heavy (non-hydrogen) atoms. The number of nitrogens with two attached hydrogens (primary N) is 1. The molecule has 0 bridgehead atoms. The minimum absolute atomic E-state index is 0.295. The van der Waals surface area contributed by atoms with Crippen molar-refractivity contribution >= 4 is 28.3 Å². The number of ether oxygens (including phenoxy) is 2. The van der Waals surface area contributed by atoms with E-state index in [0.717, 1.165) is 16.0 Å². The average molecular weight is 417 g/mol. The molecule has 1 aliphatic rings. The van der Waals surface area contributed by atoms with Gasteiger partial charge in [-0.1, -0.05) is 30.3 Å². The van der Waals surface area contributed by atoms with Crippen LogP contribution in [0.2, 0.25) is 0 Å². The van der Waals surface area contributed by atoms with E-state index >= 15 is 0 Å². The number of carbonyl (C=O) groups is 2. The zero-order valence-electron chi connectivity index (χ0n) is 17.4. The van der Waals surface area contributed by atoms with Crippen LogP contribution in [0.5, 0.6) is 0 Å². The molecule has 6 nitrogen and oxygen atoms in total. The number of hydrogen-bond acceptors (Lipinski definition) is 7. The summed E-state index contributed by atoms with van der Waals surface area (Å²) in [7, 11) is 0. The fourth-order valence-corrected chi connectivity index (χ4v) is 4.77. The van der Waals surface area contributed by atoms with E-state index in [0.29, 0.717) is 36.7 Å². The molecule has 0 aliphatic carbocycles. The number of rotatable bonds is 5. The molecule has 7 heteroatoms. The molecule has 3 rings (SSSR count). The summed E-state index contributed by atoms with van der Waals surface area (Å²) in [6.07, 6.45) is 0.625. The molecule has 0 spiro atoms. The lowest BCUT2D eigenvalue weighted by molar-refractivity contribution is -0.150. The summed E-state index contributed by atoms with van der Waals surface area (Å²) in [6.45, 7) is 8.79. The number of hydrogen-bond donors (Lipinski definition) is 1. The van der Waals surface area contributed by atoms with Crippen LogP contribution >= 0.6 is 11.3 Å². The maximum atomic E-state index is 12.9. The maximum Gasteiger partial charge on any atom is 0.341 e. The molecule has 0 saturated heterocycles. The van der Waals surface area contributed by atoms with Gasteiger partial charge in [-0.25, -0.2) is 9.59 Å². The second-order valence-corrected chi connectivity index (χ2v) is 9.13. The summed E-state index contributed by atoms with van der Waals surface area (Å²) >= 11 is 1.28. The van der Waals surface area contributed by atoms with Crippen molar-refractivity contribution in [1.29, 1.82) is 0 Å². The van der Waals surface area contributed by atoms with Crippen LogP contribution in [0.1, 0.15) is 60.1 Å². The molecule has 1 aromatic heterocycles. The van der Waals surface area contributed by atoms with Crippen LogP contribution in [0.15, 0.2) is 30.3 Å². The fourth-order valence-electron chi connectivity index (χ4n) is 3.54. The van der Waals surface area contributed by atoms with Gasteiger partial charge in [0.25, 0.3) is 0 Å². The summed E-state index contributed by atoms with van der Waals surface area (Å²) in [5.41, 5.74) is 7.92. The molecule has 1 atom stereocenters. The molecule has 0 fully saturated rings. The summed E-state index contributed by atoms with van der Waals surface area (Å²) in [4.78, 5) is 28.5. The van der Waals surface area contributed by atoms with Crippen LogP contribution in [-0.2, 0) is 27.2 Å². The number of benzene rings is 1. The Balaban J connectivity index is 1.98. The lowest BCUT2D eigenvalue weighted by Crippen LogP contribution is -2.39. The summed E-state index contributed by atoms with van der Waals surface area (Å²) in [5, 5.41) is 0.389. The zero-order chi connectivity index (χ0) is 21.2. The van der Waals surface area contributed by atoms with Crippen molar-refractivity contribution in [3.05, 3.63) is 51.9 Å². The average Bonchev–Trinajstić information content (AvgIpc) is 2.97. The number of nitrogen functional groups attached to an aromatic ring is 1. The second-order valence-electron chi connectivity index (χ2n) is 8.05. The van der Waals surface area contributed by atoms with Crippen LogP contribution in [0.25, 0.3) is 0 Å². The Morgan fingerprint density at radius 2 is 1.93 bits per heavy atom. The van der Waals surface area contributed by atoms with E-state index < -0.39 is 17.6 Å². The van der Waals surface area contributed by atoms with Gasteiger partial charge >= 0.3 is 11.9 Å². The third-order valence-corrected chi connectivity index (χ3v) is 5.78. The molecule has 1 aliphatic heterocycles. The van der Waals surface area contributed by atoms with Gasteiger partial charge in [0.1, 0.15) is 16.6 Å². The lowest BCUT2D eigenvalue weighted by Gasteiger charge is -2.34. The van der Waals surface area contributed by atoms with Gasteiger partial charge < -0.3 is 15.2 Å². The minimum atomic E-state index is -0.618. The number of nitrogens with zero attached hydrogens (tertiary/aromatic N) is 1. The topological polar surface area (TPSA) is 81.9 Å². The van der Waals surface area contributed by atoms with Crippen LogP contribution in [0, 0.1) is 0 Å². The maximum absolute atomic E-state index is 12.9. The molecule has 0 saturated carbocycles. The summed E-state index contributed by atoms with van der Waals surface area (Å²) in [5.74, 6) is -0.756. The first-order valence-electron chi connectivity index (χ1n) is 9.80. The Bertz CT molecular complexity index is 886. The predicted octanol–water partition coefficient (Wildman–Crippen LogP) is 3.95. The zero-order valence-corrected chi connectivity index (χ0v) is 18.2. The van der Waals surface area contributed by atoms with Crippen molar-refractivity contribution in [3.8, 4) is 0 Å². The Morgan fingerprint density at radius 3 is 2.55 bits per heavy atom. The molecule has 1 unspecified atom stereocenters. The predicted molar refractivity (Wildman–Crippen MR) is 114 cm³/mol. The van der Waals surface area contributed by atoms with Gasteiger partial charge in [0.05, 0.1) is 12.2 Å². The highest BCUT2D eigenvalue weighted by Crippen LogP contribution is 2.42. The second kappa shape index (κ2) is 8.55. The minimum Gasteiger partial charge on any atom is -0.465 e. The Hall–Kier alpha value is -2.38. The van der Waals surface area contributed by atoms with Crippen molar-refractivity contribution in [2.75, 3.05) is 18.9 Å². The van der Waals surface area contributed by atoms with Crippen LogP contribution in [0.4, 0.5) is 5.00 Å². The van der Waals surface area contributed by atoms with Crippen molar-refractivity contribution in [1.82, 2.24) is 4.90 Å². The van der Waals surface area contributed by atoms with Crippen molar-refractivity contribution in [3.63, 3.8) is 0 Å². The first-order chi connectivity index (χ1) is 13.7. The van der Waals surface area contributed by atoms with E-state index in [1.54, 1.807) is 6.92 Å². The summed E-state index contributed by atoms with van der Waals surface area (Å²) in [6, 6.07) is 9.41. The Morgan fingerprint density at radius 1 is 1.24 bits per heavy atom. The molecule has 0 amide bonds. The van der Waals surface area contributed by atoms with Crippen LogP contribution in [0.3, 0.4) is 0 Å². The largest absolute Gasteiger partial charge is 0.465 e. The molecule has 156 valence electrons. The van der Waals surface area contributed by atoms with Crippen LogP contribution in [-0.4, -0.2) is 35.6 Å². The van der Waals surface area contributed by atoms with Crippen molar-refractivity contribution in [2.45, 2.75) is 52.3 Å². The van der Waals surface area contributed by atoms with E-state index in [2.05, 4.69) is 4.90 Å². The van der Waals surface area contributed by atoms with Gasteiger partial charge in [-0.15, -0.1) is 11.3 Å². The van der Waals surface area contributed by atoms with E-state index in [-0.39, 0.29) is 5.97 Å². The third-order valence-electron chi connectivity index (χ3n) is 4.67. The first-order valence-corrected chi connectivity index (χ1v) is 10.6. The van der Waals surface area contributed by atoms with Crippen molar-refractivity contribution in [2.24, 2.45) is 0 Å². The number of carbonyl (C=O) groups excluding carboxylic acids is 2. The number of thiophene rings is 1. The highest BCUT2D eigenvalue weighted by molar-refractivity contribution is 7.16. The molecular weight excluding hydrogens is 388 g/mol. The lowest BCUT2D eigenvalue weighted by atomic mass is 9.96. The number of fused-ring (bicyclic) bond motifs is 1. The van der Waals surface area contributed by atoms with E-state index in [4.69, 9.17) is 15.2 Å². The van der Waals surface area contributed by atoms with E-state index in [1.807, 2.05) is 51.1 Å². The molecule has 1 aromatic carbocycles. The highest BCUT2D eigenvalue weighted by atomic mass is 32.1.